The number of nitrogens with zero attached hydrogens (tertiary/aromatic N) is 2. The Hall–Kier alpha value is -2.80. The summed E-state index contributed by atoms with van der Waals surface area (Å²) in [6.07, 6.45) is 2.68. The van der Waals surface area contributed by atoms with E-state index in [9.17, 15) is 4.79 Å². The highest BCUT2D eigenvalue weighted by molar-refractivity contribution is 7.22. The van der Waals surface area contributed by atoms with Crippen molar-refractivity contribution in [2.75, 3.05) is 31.2 Å². The molecule has 1 amide bonds. The lowest BCUT2D eigenvalue weighted by Gasteiger charge is -2.31. The van der Waals surface area contributed by atoms with Crippen molar-refractivity contribution in [3.63, 3.8) is 0 Å². The highest BCUT2D eigenvalue weighted by atomic mass is 32.1. The second-order valence-electron chi connectivity index (χ2n) is 8.03. The third kappa shape index (κ3) is 5.51. The summed E-state index contributed by atoms with van der Waals surface area (Å²) in [5, 5.41) is 4.13. The van der Waals surface area contributed by atoms with Crippen LogP contribution in [0.4, 0.5) is 5.13 Å². The first-order chi connectivity index (χ1) is 15.7. The number of benzene rings is 2. The number of hydrogen-bond donors (Lipinski definition) is 1. The number of piperidine rings is 1. The van der Waals surface area contributed by atoms with E-state index in [1.165, 1.54) is 0 Å². The SMILES string of the molecule is CCCOc1ccc(CNC(=O)C2CCN(c3nc4ccc(OCC)cc4s3)CC2)cc1. The molecular formula is C25H31N3O3S. The van der Waals surface area contributed by atoms with Crippen LogP contribution in [0.3, 0.4) is 0 Å². The highest BCUT2D eigenvalue weighted by Gasteiger charge is 2.26. The van der Waals surface area contributed by atoms with Gasteiger partial charge in [-0.25, -0.2) is 4.98 Å². The number of aromatic nitrogens is 1. The van der Waals surface area contributed by atoms with Gasteiger partial charge in [0.15, 0.2) is 5.13 Å². The van der Waals surface area contributed by atoms with Gasteiger partial charge in [0, 0.05) is 25.6 Å². The molecule has 32 heavy (non-hydrogen) atoms. The van der Waals surface area contributed by atoms with Crippen molar-refractivity contribution in [3.05, 3.63) is 48.0 Å². The minimum absolute atomic E-state index is 0.0531. The van der Waals surface area contributed by atoms with Gasteiger partial charge >= 0.3 is 0 Å². The van der Waals surface area contributed by atoms with Crippen LogP contribution in [0.1, 0.15) is 38.7 Å². The number of rotatable bonds is 9. The van der Waals surface area contributed by atoms with E-state index in [0.717, 1.165) is 71.4 Å². The number of ether oxygens (including phenoxy) is 2. The zero-order chi connectivity index (χ0) is 22.3. The average molecular weight is 454 g/mol. The molecule has 1 N–H and O–H groups in total. The van der Waals surface area contributed by atoms with Gasteiger partial charge in [-0.05, 0) is 62.1 Å². The van der Waals surface area contributed by atoms with E-state index in [1.807, 2.05) is 43.3 Å². The van der Waals surface area contributed by atoms with E-state index in [0.29, 0.717) is 13.2 Å². The monoisotopic (exact) mass is 453 g/mol. The molecule has 4 rings (SSSR count). The number of fused-ring (bicyclic) bond motifs is 1. The number of thiazole rings is 1. The Balaban J connectivity index is 1.27. The van der Waals surface area contributed by atoms with E-state index < -0.39 is 0 Å². The lowest BCUT2D eigenvalue weighted by atomic mass is 9.96. The molecule has 2 aromatic carbocycles. The lowest BCUT2D eigenvalue weighted by molar-refractivity contribution is -0.125. The summed E-state index contributed by atoms with van der Waals surface area (Å²) in [7, 11) is 0. The van der Waals surface area contributed by atoms with E-state index >= 15 is 0 Å². The van der Waals surface area contributed by atoms with Gasteiger partial charge in [0.25, 0.3) is 0 Å². The third-order valence-corrected chi connectivity index (χ3v) is 6.74. The predicted octanol–water partition coefficient (Wildman–Crippen LogP) is 5.02. The molecular weight excluding hydrogens is 422 g/mol. The minimum atomic E-state index is 0.0531. The Labute approximate surface area is 193 Å². The van der Waals surface area contributed by atoms with Crippen LogP contribution in [-0.4, -0.2) is 37.2 Å². The van der Waals surface area contributed by atoms with Crippen LogP contribution in [0, 0.1) is 5.92 Å². The summed E-state index contributed by atoms with van der Waals surface area (Å²) in [6, 6.07) is 14.0. The van der Waals surface area contributed by atoms with Crippen LogP contribution in [0.25, 0.3) is 10.2 Å². The Morgan fingerprint density at radius 3 is 2.56 bits per heavy atom. The Bertz CT molecular complexity index is 1030. The molecule has 0 saturated carbocycles. The third-order valence-electron chi connectivity index (χ3n) is 5.66. The number of carbonyl (C=O) groups is 1. The van der Waals surface area contributed by atoms with E-state index in [2.05, 4.69) is 23.2 Å². The van der Waals surface area contributed by atoms with Gasteiger partial charge in [0.05, 0.1) is 23.4 Å². The molecule has 0 radical (unpaired) electrons. The van der Waals surface area contributed by atoms with E-state index in [4.69, 9.17) is 14.5 Å². The van der Waals surface area contributed by atoms with Crippen molar-refractivity contribution >= 4 is 32.6 Å². The van der Waals surface area contributed by atoms with Crippen LogP contribution in [-0.2, 0) is 11.3 Å². The number of carbonyl (C=O) groups excluding carboxylic acids is 1. The summed E-state index contributed by atoms with van der Waals surface area (Å²) in [5.41, 5.74) is 2.08. The fourth-order valence-electron chi connectivity index (χ4n) is 3.87. The van der Waals surface area contributed by atoms with Gasteiger partial charge < -0.3 is 19.7 Å². The maximum atomic E-state index is 12.7. The predicted molar refractivity (Wildman–Crippen MR) is 130 cm³/mol. The quantitative estimate of drug-likeness (QED) is 0.493. The molecule has 1 fully saturated rings. The molecule has 0 aliphatic carbocycles. The lowest BCUT2D eigenvalue weighted by Crippen LogP contribution is -2.40. The summed E-state index contributed by atoms with van der Waals surface area (Å²) in [5.74, 6) is 1.95. The summed E-state index contributed by atoms with van der Waals surface area (Å²) in [6.45, 7) is 7.70. The second kappa shape index (κ2) is 10.7. The van der Waals surface area contributed by atoms with Gasteiger partial charge in [0.2, 0.25) is 5.91 Å². The summed E-state index contributed by atoms with van der Waals surface area (Å²) < 4.78 is 12.3. The van der Waals surface area contributed by atoms with Crippen molar-refractivity contribution in [3.8, 4) is 11.5 Å². The van der Waals surface area contributed by atoms with Crippen LogP contribution >= 0.6 is 11.3 Å². The average Bonchev–Trinajstić information content (AvgIpc) is 3.26. The van der Waals surface area contributed by atoms with Gasteiger partial charge in [-0.1, -0.05) is 30.4 Å². The van der Waals surface area contributed by atoms with Crippen molar-refractivity contribution in [2.24, 2.45) is 5.92 Å². The standard InChI is InChI=1S/C25H31N3O3S/c1-3-15-31-20-7-5-18(6-8-20)17-26-24(29)19-11-13-28(14-12-19)25-27-22-10-9-21(30-4-2)16-23(22)32-25/h5-10,16,19H,3-4,11-15,17H2,1-2H3,(H,26,29). The molecule has 7 heteroatoms. The smallest absolute Gasteiger partial charge is 0.223 e. The molecule has 2 heterocycles. The Morgan fingerprint density at radius 1 is 1.09 bits per heavy atom. The summed E-state index contributed by atoms with van der Waals surface area (Å²) in [4.78, 5) is 19.8. The van der Waals surface area contributed by atoms with Gasteiger partial charge in [-0.3, -0.25) is 4.79 Å². The minimum Gasteiger partial charge on any atom is -0.494 e. The maximum Gasteiger partial charge on any atom is 0.223 e. The number of hydrogen-bond acceptors (Lipinski definition) is 6. The fraction of sp³-hybridized carbons (Fsp3) is 0.440. The molecule has 170 valence electrons. The van der Waals surface area contributed by atoms with Gasteiger partial charge in [0.1, 0.15) is 11.5 Å². The van der Waals surface area contributed by atoms with E-state index in [1.54, 1.807) is 11.3 Å². The van der Waals surface area contributed by atoms with Crippen molar-refractivity contribution < 1.29 is 14.3 Å². The first-order valence-corrected chi connectivity index (χ1v) is 12.3. The first kappa shape index (κ1) is 22.4. The topological polar surface area (TPSA) is 63.7 Å². The number of amides is 1. The number of anilines is 1. The van der Waals surface area contributed by atoms with Crippen molar-refractivity contribution in [1.29, 1.82) is 0 Å². The van der Waals surface area contributed by atoms with E-state index in [-0.39, 0.29) is 11.8 Å². The molecule has 3 aromatic rings. The molecule has 0 spiro atoms. The van der Waals surface area contributed by atoms with Crippen LogP contribution in [0.2, 0.25) is 0 Å². The molecule has 1 aliphatic heterocycles. The molecule has 1 aromatic heterocycles. The van der Waals surface area contributed by atoms with Crippen LogP contribution in [0.5, 0.6) is 11.5 Å². The highest BCUT2D eigenvalue weighted by Crippen LogP contribution is 2.33. The van der Waals surface area contributed by atoms with Crippen molar-refractivity contribution in [2.45, 2.75) is 39.7 Å². The molecule has 0 atom stereocenters. The normalized spacial score (nSPS) is 14.5. The summed E-state index contributed by atoms with van der Waals surface area (Å²) >= 11 is 1.69. The Kier molecular flexibility index (Phi) is 7.47. The maximum absolute atomic E-state index is 12.7. The molecule has 0 bridgehead atoms. The van der Waals surface area contributed by atoms with Gasteiger partial charge in [-0.2, -0.15) is 0 Å². The van der Waals surface area contributed by atoms with Crippen LogP contribution in [0.15, 0.2) is 42.5 Å². The number of nitrogens with one attached hydrogen (secondary N) is 1. The van der Waals surface area contributed by atoms with Crippen LogP contribution < -0.4 is 19.7 Å². The molecule has 0 unspecified atom stereocenters. The molecule has 1 aliphatic rings. The Morgan fingerprint density at radius 2 is 1.84 bits per heavy atom. The van der Waals surface area contributed by atoms with Crippen molar-refractivity contribution in [1.82, 2.24) is 10.3 Å². The zero-order valence-electron chi connectivity index (χ0n) is 18.8. The molecule has 6 nitrogen and oxygen atoms in total. The van der Waals surface area contributed by atoms with Gasteiger partial charge in [-0.15, -0.1) is 0 Å². The second-order valence-corrected chi connectivity index (χ2v) is 9.04. The zero-order valence-corrected chi connectivity index (χ0v) is 19.6. The first-order valence-electron chi connectivity index (χ1n) is 11.4. The fourth-order valence-corrected chi connectivity index (χ4v) is 4.92. The molecule has 1 saturated heterocycles. The largest absolute Gasteiger partial charge is 0.494 e.